The summed E-state index contributed by atoms with van der Waals surface area (Å²) in [4.78, 5) is 12.6. The maximum Gasteiger partial charge on any atom is 0.227 e. The number of aromatic hydroxyl groups is 1. The van der Waals surface area contributed by atoms with Gasteiger partial charge in [-0.05, 0) is 30.3 Å². The third-order valence-electron chi connectivity index (χ3n) is 2.72. The highest BCUT2D eigenvalue weighted by atomic mass is 16.3. The predicted molar refractivity (Wildman–Crippen MR) is 76.7 cm³/mol. The highest BCUT2D eigenvalue weighted by Gasteiger charge is 2.03. The molecule has 3 aromatic rings. The number of phenolic OH excluding ortho intramolecular Hbond substituents is 1. The smallest absolute Gasteiger partial charge is 0.227 e. The van der Waals surface area contributed by atoms with E-state index in [0.717, 1.165) is 16.9 Å². The molecule has 98 valence electrons. The lowest BCUT2D eigenvalue weighted by molar-refractivity contribution is 0.475. The van der Waals surface area contributed by atoms with Crippen molar-refractivity contribution in [2.24, 2.45) is 0 Å². The van der Waals surface area contributed by atoms with Crippen LogP contribution < -0.4 is 5.32 Å². The van der Waals surface area contributed by atoms with Gasteiger partial charge in [0.2, 0.25) is 5.95 Å². The number of rotatable bonds is 3. The molecule has 0 unspecified atom stereocenters. The monoisotopic (exact) mass is 264 g/mol. The number of hydrogen-bond acceptors (Lipinski definition) is 5. The number of anilines is 2. The van der Waals surface area contributed by atoms with E-state index < -0.39 is 0 Å². The number of aromatic nitrogens is 3. The third kappa shape index (κ3) is 2.72. The predicted octanol–water partition coefficient (Wildman–Crippen LogP) is 2.99. The Labute approximate surface area is 116 Å². The molecule has 0 atom stereocenters. The van der Waals surface area contributed by atoms with Gasteiger partial charge in [0.1, 0.15) is 5.75 Å². The number of phenols is 1. The molecule has 3 rings (SSSR count). The van der Waals surface area contributed by atoms with Gasteiger partial charge in [0.15, 0.2) is 0 Å². The van der Waals surface area contributed by atoms with Gasteiger partial charge in [0.05, 0.1) is 17.6 Å². The average Bonchev–Trinajstić information content (AvgIpc) is 2.49. The molecule has 0 aliphatic rings. The summed E-state index contributed by atoms with van der Waals surface area (Å²) in [5.74, 6) is 0.696. The van der Waals surface area contributed by atoms with Crippen LogP contribution in [0.3, 0.4) is 0 Å². The molecule has 0 aliphatic carbocycles. The molecule has 2 heterocycles. The Morgan fingerprint density at radius 2 is 1.95 bits per heavy atom. The molecule has 0 amide bonds. The largest absolute Gasteiger partial charge is 0.508 e. The normalized spacial score (nSPS) is 10.2. The van der Waals surface area contributed by atoms with Crippen LogP contribution in [0.1, 0.15) is 0 Å². The fourth-order valence-corrected chi connectivity index (χ4v) is 1.81. The first kappa shape index (κ1) is 12.1. The second kappa shape index (κ2) is 5.36. The summed E-state index contributed by atoms with van der Waals surface area (Å²) in [5.41, 5.74) is 2.39. The van der Waals surface area contributed by atoms with Crippen molar-refractivity contribution < 1.29 is 5.11 Å². The summed E-state index contributed by atoms with van der Waals surface area (Å²) >= 11 is 0. The second-order valence-electron chi connectivity index (χ2n) is 4.18. The van der Waals surface area contributed by atoms with Crippen LogP contribution in [-0.4, -0.2) is 20.1 Å². The molecule has 0 radical (unpaired) electrons. The maximum absolute atomic E-state index is 9.51. The van der Waals surface area contributed by atoms with Crippen molar-refractivity contribution in [3.05, 3.63) is 61.1 Å². The van der Waals surface area contributed by atoms with E-state index in [1.807, 2.05) is 18.2 Å². The lowest BCUT2D eigenvalue weighted by Crippen LogP contribution is -1.97. The van der Waals surface area contributed by atoms with E-state index in [1.165, 1.54) is 0 Å². The first-order chi connectivity index (χ1) is 9.81. The van der Waals surface area contributed by atoms with E-state index in [9.17, 15) is 5.11 Å². The van der Waals surface area contributed by atoms with Crippen molar-refractivity contribution in [2.45, 2.75) is 0 Å². The lowest BCUT2D eigenvalue weighted by Gasteiger charge is -2.06. The number of nitrogens with one attached hydrogen (secondary N) is 1. The topological polar surface area (TPSA) is 70.9 Å². The standard InChI is InChI=1S/C15H12N4O/c20-13-5-1-3-11(9-13)14-6-8-17-15(19-14)18-12-4-2-7-16-10-12/h1-10,20H,(H,17,18,19). The minimum absolute atomic E-state index is 0.211. The maximum atomic E-state index is 9.51. The van der Waals surface area contributed by atoms with Gasteiger partial charge in [0, 0.05) is 18.0 Å². The van der Waals surface area contributed by atoms with E-state index in [2.05, 4.69) is 20.3 Å². The molecule has 0 spiro atoms. The zero-order chi connectivity index (χ0) is 13.8. The summed E-state index contributed by atoms with van der Waals surface area (Å²) in [6.45, 7) is 0. The molecule has 0 saturated heterocycles. The summed E-state index contributed by atoms with van der Waals surface area (Å²) in [7, 11) is 0. The van der Waals surface area contributed by atoms with Gasteiger partial charge in [-0.15, -0.1) is 0 Å². The van der Waals surface area contributed by atoms with E-state index in [1.54, 1.807) is 42.9 Å². The van der Waals surface area contributed by atoms with Gasteiger partial charge >= 0.3 is 0 Å². The van der Waals surface area contributed by atoms with E-state index in [0.29, 0.717) is 5.95 Å². The molecule has 5 nitrogen and oxygen atoms in total. The molecule has 0 saturated carbocycles. The Morgan fingerprint density at radius 1 is 1.00 bits per heavy atom. The molecule has 5 heteroatoms. The second-order valence-corrected chi connectivity index (χ2v) is 4.18. The quantitative estimate of drug-likeness (QED) is 0.761. The molecule has 20 heavy (non-hydrogen) atoms. The molecule has 0 bridgehead atoms. The van der Waals surface area contributed by atoms with Crippen LogP contribution in [0.5, 0.6) is 5.75 Å². The van der Waals surface area contributed by atoms with Gasteiger partial charge in [-0.2, -0.15) is 0 Å². The van der Waals surface area contributed by atoms with Gasteiger partial charge in [-0.25, -0.2) is 9.97 Å². The van der Waals surface area contributed by atoms with Crippen LogP contribution in [0, 0.1) is 0 Å². The first-order valence-electron chi connectivity index (χ1n) is 6.11. The van der Waals surface area contributed by atoms with E-state index >= 15 is 0 Å². The molecule has 0 aliphatic heterocycles. The van der Waals surface area contributed by atoms with Crippen molar-refractivity contribution in [2.75, 3.05) is 5.32 Å². The van der Waals surface area contributed by atoms with Crippen molar-refractivity contribution in [1.29, 1.82) is 0 Å². The number of pyridine rings is 1. The van der Waals surface area contributed by atoms with Crippen LogP contribution >= 0.6 is 0 Å². The highest BCUT2D eigenvalue weighted by Crippen LogP contribution is 2.22. The molecular weight excluding hydrogens is 252 g/mol. The fourth-order valence-electron chi connectivity index (χ4n) is 1.81. The summed E-state index contributed by atoms with van der Waals surface area (Å²) in [6.07, 6.45) is 5.07. The lowest BCUT2D eigenvalue weighted by atomic mass is 10.1. The fraction of sp³-hybridized carbons (Fsp3) is 0. The minimum Gasteiger partial charge on any atom is -0.508 e. The summed E-state index contributed by atoms with van der Waals surface area (Å²) in [5, 5.41) is 12.6. The molecule has 1 aromatic carbocycles. The zero-order valence-corrected chi connectivity index (χ0v) is 10.6. The van der Waals surface area contributed by atoms with Crippen molar-refractivity contribution in [3.8, 4) is 17.0 Å². The minimum atomic E-state index is 0.211. The number of nitrogens with zero attached hydrogens (tertiary/aromatic N) is 3. The third-order valence-corrected chi connectivity index (χ3v) is 2.72. The van der Waals surface area contributed by atoms with Crippen molar-refractivity contribution in [3.63, 3.8) is 0 Å². The van der Waals surface area contributed by atoms with Crippen LogP contribution in [0.15, 0.2) is 61.1 Å². The summed E-state index contributed by atoms with van der Waals surface area (Å²) in [6, 6.07) is 12.5. The van der Waals surface area contributed by atoms with Crippen LogP contribution in [0.4, 0.5) is 11.6 Å². The first-order valence-corrected chi connectivity index (χ1v) is 6.11. The van der Waals surface area contributed by atoms with Crippen LogP contribution in [0.2, 0.25) is 0 Å². The average molecular weight is 264 g/mol. The summed E-state index contributed by atoms with van der Waals surface area (Å²) < 4.78 is 0. The Kier molecular flexibility index (Phi) is 3.24. The van der Waals surface area contributed by atoms with E-state index in [4.69, 9.17) is 0 Å². The Bertz CT molecular complexity index is 716. The highest BCUT2D eigenvalue weighted by molar-refractivity contribution is 5.63. The van der Waals surface area contributed by atoms with Crippen LogP contribution in [-0.2, 0) is 0 Å². The van der Waals surface area contributed by atoms with Crippen LogP contribution in [0.25, 0.3) is 11.3 Å². The Morgan fingerprint density at radius 3 is 2.75 bits per heavy atom. The van der Waals surface area contributed by atoms with Crippen molar-refractivity contribution >= 4 is 11.6 Å². The SMILES string of the molecule is Oc1cccc(-c2ccnc(Nc3cccnc3)n2)c1. The Hall–Kier alpha value is -2.95. The molecule has 2 aromatic heterocycles. The number of benzene rings is 1. The van der Waals surface area contributed by atoms with E-state index in [-0.39, 0.29) is 5.75 Å². The van der Waals surface area contributed by atoms with Gasteiger partial charge in [-0.3, -0.25) is 4.98 Å². The Balaban J connectivity index is 1.90. The van der Waals surface area contributed by atoms with Gasteiger partial charge in [-0.1, -0.05) is 12.1 Å². The molecular formula is C15H12N4O. The number of hydrogen-bond donors (Lipinski definition) is 2. The molecule has 0 fully saturated rings. The van der Waals surface area contributed by atoms with Gasteiger partial charge < -0.3 is 10.4 Å². The zero-order valence-electron chi connectivity index (χ0n) is 10.6. The molecule has 2 N–H and O–H groups in total. The van der Waals surface area contributed by atoms with Gasteiger partial charge in [0.25, 0.3) is 0 Å². The van der Waals surface area contributed by atoms with Crippen molar-refractivity contribution in [1.82, 2.24) is 15.0 Å².